The van der Waals surface area contributed by atoms with Crippen molar-refractivity contribution in [2.24, 2.45) is 10.8 Å². The van der Waals surface area contributed by atoms with E-state index in [1.165, 1.54) is 6.92 Å². The van der Waals surface area contributed by atoms with Crippen LogP contribution in [0.1, 0.15) is 41.0 Å². The molecule has 0 fully saturated rings. The van der Waals surface area contributed by atoms with Crippen LogP contribution in [0.4, 0.5) is 0 Å². The third kappa shape index (κ3) is 2.16. The van der Waals surface area contributed by atoms with E-state index < -0.39 is 26.7 Å². The van der Waals surface area contributed by atoms with Crippen LogP contribution < -0.4 is 0 Å². The smallest absolute Gasteiger partial charge is 0.257 e. The second-order valence-electron chi connectivity index (χ2n) is 6.03. The summed E-state index contributed by atoms with van der Waals surface area (Å²) in [6.45, 7) is 8.64. The van der Waals surface area contributed by atoms with Gasteiger partial charge in [-0.1, -0.05) is 13.8 Å². The summed E-state index contributed by atoms with van der Waals surface area (Å²) in [7, 11) is 0. The summed E-state index contributed by atoms with van der Waals surface area (Å²) in [5.41, 5.74) is -0.931. The zero-order chi connectivity index (χ0) is 13.6. The fourth-order valence-corrected chi connectivity index (χ4v) is 3.40. The van der Waals surface area contributed by atoms with E-state index in [-0.39, 0.29) is 11.3 Å². The first-order chi connectivity index (χ1) is 7.50. The first kappa shape index (κ1) is 13.6. The van der Waals surface area contributed by atoms with E-state index in [0.717, 1.165) is 0 Å². The van der Waals surface area contributed by atoms with E-state index in [2.05, 4.69) is 0 Å². The maximum Gasteiger partial charge on any atom is 0.257 e. The molecule has 0 saturated carbocycles. The summed E-state index contributed by atoms with van der Waals surface area (Å²) >= 11 is 0. The average molecular weight is 242 g/mol. The topological polar surface area (TPSA) is 86.3 Å². The van der Waals surface area contributed by atoms with Crippen LogP contribution in [0.5, 0.6) is 0 Å². The van der Waals surface area contributed by atoms with Crippen molar-refractivity contribution < 1.29 is 9.85 Å². The highest BCUT2D eigenvalue weighted by atomic mass is 16.6. The van der Waals surface area contributed by atoms with Crippen molar-refractivity contribution in [3.8, 4) is 0 Å². The monoisotopic (exact) mass is 242 g/mol. The summed E-state index contributed by atoms with van der Waals surface area (Å²) in [6.07, 6.45) is 0.430. The molecule has 96 valence electrons. The van der Waals surface area contributed by atoms with E-state index in [4.69, 9.17) is 0 Å². The van der Waals surface area contributed by atoms with Gasteiger partial charge in [-0.15, -0.1) is 0 Å². The summed E-state index contributed by atoms with van der Waals surface area (Å²) in [6, 6.07) is -0.976. The van der Waals surface area contributed by atoms with Crippen LogP contribution in [0, 0.1) is 31.1 Å². The number of nitro groups is 2. The number of hydrogen-bond acceptors (Lipinski definition) is 4. The number of hydrogen-bond donors (Lipinski definition) is 0. The normalized spacial score (nSPS) is 26.8. The Morgan fingerprint density at radius 3 is 2.00 bits per heavy atom. The SMILES string of the molecule is CC1=C([N+](=O)[O-])C(C)(C)CC(C)(C)C1[N+](=O)[O-]. The van der Waals surface area contributed by atoms with Gasteiger partial charge in [-0.2, -0.15) is 0 Å². The molecule has 1 atom stereocenters. The van der Waals surface area contributed by atoms with Crippen LogP contribution in [0.25, 0.3) is 0 Å². The lowest BCUT2D eigenvalue weighted by molar-refractivity contribution is -0.538. The standard InChI is InChI=1S/C11H18N2O4/c1-7-8(12(14)15)10(2,3)6-11(4,5)9(7)13(16)17/h8H,6H2,1-5H3. The molecule has 17 heavy (non-hydrogen) atoms. The van der Waals surface area contributed by atoms with Crippen molar-refractivity contribution >= 4 is 0 Å². The van der Waals surface area contributed by atoms with Crippen LogP contribution in [-0.2, 0) is 0 Å². The first-order valence-electron chi connectivity index (χ1n) is 5.50. The minimum absolute atomic E-state index is 0.00137. The fraction of sp³-hybridized carbons (Fsp3) is 0.818. The third-order valence-corrected chi connectivity index (χ3v) is 3.46. The van der Waals surface area contributed by atoms with Crippen molar-refractivity contribution in [2.45, 2.75) is 47.1 Å². The molecule has 0 bridgehead atoms. The minimum Gasteiger partial charge on any atom is -0.264 e. The Balaban J connectivity index is 3.48. The Morgan fingerprint density at radius 1 is 1.18 bits per heavy atom. The van der Waals surface area contributed by atoms with Gasteiger partial charge in [0, 0.05) is 10.3 Å². The number of allylic oxidation sites excluding steroid dienone is 1. The molecule has 1 rings (SSSR count). The summed E-state index contributed by atoms with van der Waals surface area (Å²) < 4.78 is 0. The average Bonchev–Trinajstić information content (AvgIpc) is 1.94. The summed E-state index contributed by atoms with van der Waals surface area (Å²) in [4.78, 5) is 21.3. The van der Waals surface area contributed by atoms with Gasteiger partial charge >= 0.3 is 0 Å². The van der Waals surface area contributed by atoms with Gasteiger partial charge < -0.3 is 0 Å². The molecule has 1 aliphatic carbocycles. The number of nitrogens with zero attached hydrogens (tertiary/aromatic N) is 2. The molecule has 6 nitrogen and oxygen atoms in total. The largest absolute Gasteiger partial charge is 0.264 e. The van der Waals surface area contributed by atoms with Crippen LogP contribution in [0.15, 0.2) is 11.3 Å². The van der Waals surface area contributed by atoms with E-state index in [1.807, 2.05) is 0 Å². The van der Waals surface area contributed by atoms with Crippen molar-refractivity contribution in [3.63, 3.8) is 0 Å². The van der Waals surface area contributed by atoms with Gasteiger partial charge in [-0.05, 0) is 27.2 Å². The van der Waals surface area contributed by atoms with Gasteiger partial charge in [0.25, 0.3) is 5.70 Å². The predicted molar refractivity (Wildman–Crippen MR) is 62.7 cm³/mol. The van der Waals surface area contributed by atoms with Gasteiger partial charge in [0.2, 0.25) is 6.04 Å². The molecule has 0 aromatic heterocycles. The van der Waals surface area contributed by atoms with Crippen molar-refractivity contribution in [3.05, 3.63) is 31.5 Å². The molecule has 6 heteroatoms. The Labute approximate surface area is 100.0 Å². The van der Waals surface area contributed by atoms with Gasteiger partial charge in [-0.3, -0.25) is 20.2 Å². The molecule has 0 N–H and O–H groups in total. The van der Waals surface area contributed by atoms with E-state index >= 15 is 0 Å². The molecule has 0 aromatic rings. The lowest BCUT2D eigenvalue weighted by Crippen LogP contribution is -2.47. The molecule has 0 spiro atoms. The Bertz CT molecular complexity index is 410. The summed E-state index contributed by atoms with van der Waals surface area (Å²) in [5.74, 6) is 0. The lowest BCUT2D eigenvalue weighted by atomic mass is 9.62. The molecule has 0 amide bonds. The van der Waals surface area contributed by atoms with Gasteiger partial charge in [0.1, 0.15) is 0 Å². The highest BCUT2D eigenvalue weighted by Crippen LogP contribution is 2.49. The predicted octanol–water partition coefficient (Wildman–Crippen LogP) is 2.64. The first-order valence-corrected chi connectivity index (χ1v) is 5.50. The maximum atomic E-state index is 11.1. The maximum absolute atomic E-state index is 11.1. The Kier molecular flexibility index (Phi) is 3.03. The van der Waals surface area contributed by atoms with E-state index in [9.17, 15) is 20.2 Å². The van der Waals surface area contributed by atoms with Crippen LogP contribution in [-0.4, -0.2) is 15.9 Å². The quantitative estimate of drug-likeness (QED) is 0.550. The highest BCUT2D eigenvalue weighted by Gasteiger charge is 2.55. The molecule has 0 saturated heterocycles. The molecular formula is C11H18N2O4. The molecule has 1 aliphatic rings. The van der Waals surface area contributed by atoms with Crippen LogP contribution >= 0.6 is 0 Å². The zero-order valence-corrected chi connectivity index (χ0v) is 10.8. The number of rotatable bonds is 2. The van der Waals surface area contributed by atoms with E-state index in [1.54, 1.807) is 27.7 Å². The Hall–Kier alpha value is -1.46. The van der Waals surface area contributed by atoms with Crippen LogP contribution in [0.2, 0.25) is 0 Å². The van der Waals surface area contributed by atoms with Gasteiger partial charge in [0.05, 0.1) is 15.9 Å². The Morgan fingerprint density at radius 2 is 1.65 bits per heavy atom. The minimum atomic E-state index is -0.976. The highest BCUT2D eigenvalue weighted by molar-refractivity contribution is 5.24. The molecule has 0 aliphatic heterocycles. The van der Waals surface area contributed by atoms with Gasteiger partial charge in [0.15, 0.2) is 0 Å². The molecule has 0 radical (unpaired) electrons. The molecule has 1 unspecified atom stereocenters. The van der Waals surface area contributed by atoms with Crippen molar-refractivity contribution in [1.29, 1.82) is 0 Å². The molecular weight excluding hydrogens is 224 g/mol. The van der Waals surface area contributed by atoms with Crippen LogP contribution in [0.3, 0.4) is 0 Å². The van der Waals surface area contributed by atoms with E-state index in [0.29, 0.717) is 6.42 Å². The van der Waals surface area contributed by atoms with Crippen molar-refractivity contribution in [1.82, 2.24) is 0 Å². The molecule has 0 aromatic carbocycles. The second kappa shape index (κ2) is 3.78. The van der Waals surface area contributed by atoms with Crippen molar-refractivity contribution in [2.75, 3.05) is 0 Å². The fourth-order valence-electron chi connectivity index (χ4n) is 3.40. The van der Waals surface area contributed by atoms with Gasteiger partial charge in [-0.25, -0.2) is 0 Å². The third-order valence-electron chi connectivity index (χ3n) is 3.46. The molecule has 0 heterocycles. The zero-order valence-electron chi connectivity index (χ0n) is 10.8. The second-order valence-corrected chi connectivity index (χ2v) is 6.03. The lowest BCUT2D eigenvalue weighted by Gasteiger charge is -2.39. The summed E-state index contributed by atoms with van der Waals surface area (Å²) in [5, 5.41) is 22.2.